The molecule has 0 heterocycles. The van der Waals surface area contributed by atoms with Crippen LogP contribution in [0.4, 0.5) is 13.2 Å². The van der Waals surface area contributed by atoms with Crippen LogP contribution in [-0.2, 0) is 0 Å². The highest BCUT2D eigenvalue weighted by Crippen LogP contribution is 2.25. The quantitative estimate of drug-likeness (QED) is 0.648. The Morgan fingerprint density at radius 2 is 1.85 bits per heavy atom. The van der Waals surface area contributed by atoms with E-state index in [1.165, 1.54) is 0 Å². The largest absolute Gasteiger partial charge is 0.503 e. The molecular weight excluding hydrogens is 187 g/mol. The molecule has 0 aromatic heterocycles. The van der Waals surface area contributed by atoms with Gasteiger partial charge in [-0.3, -0.25) is 4.79 Å². The first-order chi connectivity index (χ1) is 5.95. The summed E-state index contributed by atoms with van der Waals surface area (Å²) in [6.45, 7) is 0. The van der Waals surface area contributed by atoms with Gasteiger partial charge in [-0.05, 0) is 6.07 Å². The van der Waals surface area contributed by atoms with Gasteiger partial charge >= 0.3 is 0 Å². The summed E-state index contributed by atoms with van der Waals surface area (Å²) in [6.07, 6.45) is 0. The van der Waals surface area contributed by atoms with Gasteiger partial charge in [0.05, 0.1) is 5.56 Å². The maximum absolute atomic E-state index is 12.7. The summed E-state index contributed by atoms with van der Waals surface area (Å²) in [5.41, 5.74) is 3.73. The van der Waals surface area contributed by atoms with E-state index in [0.717, 1.165) is 0 Å². The lowest BCUT2D eigenvalue weighted by Crippen LogP contribution is -2.14. The van der Waals surface area contributed by atoms with Gasteiger partial charge in [-0.25, -0.2) is 8.78 Å². The number of rotatable bonds is 1. The van der Waals surface area contributed by atoms with Crippen LogP contribution in [0.5, 0.6) is 5.75 Å². The molecule has 1 amide bonds. The average Bonchev–Trinajstić information content (AvgIpc) is 2.07. The molecule has 3 N–H and O–H groups in total. The van der Waals surface area contributed by atoms with Crippen LogP contribution >= 0.6 is 0 Å². The molecule has 0 atom stereocenters. The average molecular weight is 191 g/mol. The predicted octanol–water partition coefficient (Wildman–Crippen LogP) is 0.908. The zero-order valence-corrected chi connectivity index (χ0v) is 6.14. The highest BCUT2D eigenvalue weighted by Gasteiger charge is 2.20. The highest BCUT2D eigenvalue weighted by atomic mass is 19.2. The molecule has 0 spiro atoms. The number of primary amides is 1. The first-order valence-corrected chi connectivity index (χ1v) is 3.11. The number of hydrogen-bond acceptors (Lipinski definition) is 2. The molecule has 13 heavy (non-hydrogen) atoms. The lowest BCUT2D eigenvalue weighted by Gasteiger charge is -2.02. The molecule has 1 aromatic carbocycles. The SMILES string of the molecule is NC(=O)c1cc(F)c(F)c(O)c1F. The van der Waals surface area contributed by atoms with Gasteiger partial charge in [-0.2, -0.15) is 4.39 Å². The van der Waals surface area contributed by atoms with Crippen molar-refractivity contribution in [2.45, 2.75) is 0 Å². The molecule has 0 saturated carbocycles. The van der Waals surface area contributed by atoms with Gasteiger partial charge in [0.2, 0.25) is 5.82 Å². The van der Waals surface area contributed by atoms with E-state index >= 15 is 0 Å². The van der Waals surface area contributed by atoms with Gasteiger partial charge in [-0.15, -0.1) is 0 Å². The molecule has 0 aliphatic heterocycles. The van der Waals surface area contributed by atoms with E-state index in [1.54, 1.807) is 0 Å². The molecule has 0 fully saturated rings. The Hall–Kier alpha value is -1.72. The highest BCUT2D eigenvalue weighted by molar-refractivity contribution is 5.93. The topological polar surface area (TPSA) is 63.3 Å². The van der Waals surface area contributed by atoms with E-state index in [-0.39, 0.29) is 6.07 Å². The van der Waals surface area contributed by atoms with Crippen LogP contribution < -0.4 is 5.73 Å². The second-order valence-electron chi connectivity index (χ2n) is 2.25. The Kier molecular flexibility index (Phi) is 2.14. The summed E-state index contributed by atoms with van der Waals surface area (Å²) in [5, 5.41) is 8.62. The molecule has 0 bridgehead atoms. The third-order valence-corrected chi connectivity index (χ3v) is 1.40. The lowest BCUT2D eigenvalue weighted by molar-refractivity contribution is 0.0994. The second kappa shape index (κ2) is 2.96. The van der Waals surface area contributed by atoms with E-state index in [2.05, 4.69) is 5.73 Å². The molecule has 0 unspecified atom stereocenters. The van der Waals surface area contributed by atoms with Crippen LogP contribution in [0.2, 0.25) is 0 Å². The molecule has 0 aliphatic rings. The van der Waals surface area contributed by atoms with Gasteiger partial charge in [0.25, 0.3) is 5.91 Å². The Labute approximate surface area is 70.6 Å². The van der Waals surface area contributed by atoms with Gasteiger partial charge in [0.15, 0.2) is 17.4 Å². The van der Waals surface area contributed by atoms with Crippen LogP contribution in [0.25, 0.3) is 0 Å². The van der Waals surface area contributed by atoms with Gasteiger partial charge in [0, 0.05) is 0 Å². The fraction of sp³-hybridized carbons (Fsp3) is 0. The number of amides is 1. The molecule has 3 nitrogen and oxygen atoms in total. The molecular formula is C7H4F3NO2. The standard InChI is InChI=1S/C7H4F3NO2/c8-3-1-2(7(11)13)4(9)6(12)5(3)10/h1,12H,(H2,11,13). The summed E-state index contributed by atoms with van der Waals surface area (Å²) in [6, 6.07) is 0.284. The maximum atomic E-state index is 12.7. The molecule has 0 saturated heterocycles. The van der Waals surface area contributed by atoms with Crippen LogP contribution in [-0.4, -0.2) is 11.0 Å². The third-order valence-electron chi connectivity index (χ3n) is 1.40. The van der Waals surface area contributed by atoms with E-state index in [0.29, 0.717) is 0 Å². The Morgan fingerprint density at radius 1 is 1.31 bits per heavy atom. The number of benzene rings is 1. The smallest absolute Gasteiger partial charge is 0.251 e. The zero-order chi connectivity index (χ0) is 10.2. The van der Waals surface area contributed by atoms with Crippen molar-refractivity contribution >= 4 is 5.91 Å². The zero-order valence-electron chi connectivity index (χ0n) is 6.14. The van der Waals surface area contributed by atoms with E-state index in [1.807, 2.05) is 0 Å². The number of aromatic hydroxyl groups is 1. The van der Waals surface area contributed by atoms with Crippen molar-refractivity contribution in [3.63, 3.8) is 0 Å². The minimum absolute atomic E-state index is 0.284. The first kappa shape index (κ1) is 9.37. The van der Waals surface area contributed by atoms with Crippen LogP contribution in [0.1, 0.15) is 10.4 Å². The number of carbonyl (C=O) groups is 1. The molecule has 1 aromatic rings. The summed E-state index contributed by atoms with van der Waals surface area (Å²) in [4.78, 5) is 10.4. The van der Waals surface area contributed by atoms with Gasteiger partial charge in [-0.1, -0.05) is 0 Å². The Balaban J connectivity index is 3.50. The van der Waals surface area contributed by atoms with E-state index < -0.39 is 34.7 Å². The molecule has 6 heteroatoms. The third kappa shape index (κ3) is 1.42. The second-order valence-corrected chi connectivity index (χ2v) is 2.25. The molecule has 1 rings (SSSR count). The van der Waals surface area contributed by atoms with Gasteiger partial charge < -0.3 is 10.8 Å². The van der Waals surface area contributed by atoms with Crippen molar-refractivity contribution in [2.24, 2.45) is 5.73 Å². The summed E-state index contributed by atoms with van der Waals surface area (Å²) in [7, 11) is 0. The summed E-state index contributed by atoms with van der Waals surface area (Å²) >= 11 is 0. The van der Waals surface area contributed by atoms with Crippen LogP contribution in [0, 0.1) is 17.5 Å². The minimum atomic E-state index is -1.75. The molecule has 70 valence electrons. The number of phenolic OH excluding ortho intramolecular Hbond substituents is 1. The molecule has 0 radical (unpaired) electrons. The summed E-state index contributed by atoms with van der Waals surface area (Å²) in [5.74, 6) is -7.68. The van der Waals surface area contributed by atoms with Crippen LogP contribution in [0.3, 0.4) is 0 Å². The number of phenols is 1. The van der Waals surface area contributed by atoms with Crippen molar-refractivity contribution in [3.05, 3.63) is 29.1 Å². The fourth-order valence-corrected chi connectivity index (χ4v) is 0.770. The van der Waals surface area contributed by atoms with Crippen molar-refractivity contribution in [1.29, 1.82) is 0 Å². The number of carbonyl (C=O) groups excluding carboxylic acids is 1. The first-order valence-electron chi connectivity index (χ1n) is 3.11. The lowest BCUT2D eigenvalue weighted by atomic mass is 10.1. The van der Waals surface area contributed by atoms with E-state index in [9.17, 15) is 18.0 Å². The van der Waals surface area contributed by atoms with Crippen molar-refractivity contribution in [2.75, 3.05) is 0 Å². The van der Waals surface area contributed by atoms with E-state index in [4.69, 9.17) is 5.11 Å². The fourth-order valence-electron chi connectivity index (χ4n) is 0.770. The number of hydrogen-bond donors (Lipinski definition) is 2. The Morgan fingerprint density at radius 3 is 2.31 bits per heavy atom. The predicted molar refractivity (Wildman–Crippen MR) is 36.5 cm³/mol. The number of halogens is 3. The maximum Gasteiger partial charge on any atom is 0.251 e. The minimum Gasteiger partial charge on any atom is -0.503 e. The number of nitrogens with two attached hydrogens (primary N) is 1. The van der Waals surface area contributed by atoms with Gasteiger partial charge in [0.1, 0.15) is 0 Å². The van der Waals surface area contributed by atoms with Crippen LogP contribution in [0.15, 0.2) is 6.07 Å². The van der Waals surface area contributed by atoms with Crippen molar-refractivity contribution in [3.8, 4) is 5.75 Å². The molecule has 0 aliphatic carbocycles. The summed E-state index contributed by atoms with van der Waals surface area (Å²) < 4.78 is 37.6. The van der Waals surface area contributed by atoms with Crippen molar-refractivity contribution in [1.82, 2.24) is 0 Å². The monoisotopic (exact) mass is 191 g/mol. The van der Waals surface area contributed by atoms with Crippen molar-refractivity contribution < 1.29 is 23.1 Å². The normalized spacial score (nSPS) is 10.1. The Bertz CT molecular complexity index is 378.